The first-order valence-corrected chi connectivity index (χ1v) is 7.18. The van der Waals surface area contributed by atoms with Gasteiger partial charge in [0.05, 0.1) is 17.4 Å². The van der Waals surface area contributed by atoms with E-state index in [2.05, 4.69) is 20.5 Å². The molecule has 1 aliphatic rings. The summed E-state index contributed by atoms with van der Waals surface area (Å²) < 4.78 is 0. The Kier molecular flexibility index (Phi) is 3.16. The number of nitrogens with one attached hydrogen (secondary N) is 1. The summed E-state index contributed by atoms with van der Waals surface area (Å²) in [5.41, 5.74) is 3.71. The average Bonchev–Trinajstić information content (AvgIpc) is 2.90. The smallest absolute Gasteiger partial charge is 0.276 e. The number of para-hydroxylation sites is 1. The Morgan fingerprint density at radius 3 is 2.91 bits per heavy atom. The Hall–Kier alpha value is -3.34. The van der Waals surface area contributed by atoms with Gasteiger partial charge in [0, 0.05) is 17.1 Å². The van der Waals surface area contributed by atoms with E-state index in [1.54, 1.807) is 12.4 Å². The molecule has 0 spiro atoms. The van der Waals surface area contributed by atoms with Gasteiger partial charge in [-0.25, -0.2) is 0 Å². The van der Waals surface area contributed by atoms with Gasteiger partial charge in [0.2, 0.25) is 0 Å². The molecule has 0 fully saturated rings. The van der Waals surface area contributed by atoms with Gasteiger partial charge in [-0.1, -0.05) is 30.3 Å². The molecule has 0 bridgehead atoms. The SMILES string of the molecule is O=C1Nc2ccccc2/C1=N/N=C\c1ccc2ncccc2c1. The number of fused-ring (bicyclic) bond motifs is 2. The second-order valence-corrected chi connectivity index (χ2v) is 5.15. The van der Waals surface area contributed by atoms with Crippen molar-refractivity contribution >= 4 is 34.4 Å². The van der Waals surface area contributed by atoms with Crippen molar-refractivity contribution < 1.29 is 4.79 Å². The predicted octanol–water partition coefficient (Wildman–Crippen LogP) is 3.01. The normalized spacial score (nSPS) is 15.3. The Labute approximate surface area is 132 Å². The van der Waals surface area contributed by atoms with Gasteiger partial charge >= 0.3 is 0 Å². The van der Waals surface area contributed by atoms with Gasteiger partial charge in [-0.15, -0.1) is 5.10 Å². The molecule has 3 aromatic rings. The van der Waals surface area contributed by atoms with Crippen molar-refractivity contribution in [3.63, 3.8) is 0 Å². The number of anilines is 1. The van der Waals surface area contributed by atoms with Crippen molar-refractivity contribution in [2.24, 2.45) is 10.2 Å². The van der Waals surface area contributed by atoms with Crippen molar-refractivity contribution in [2.75, 3.05) is 5.32 Å². The molecule has 0 atom stereocenters. The molecule has 23 heavy (non-hydrogen) atoms. The fourth-order valence-electron chi connectivity index (χ4n) is 2.53. The van der Waals surface area contributed by atoms with E-state index < -0.39 is 0 Å². The molecule has 4 rings (SSSR count). The average molecular weight is 300 g/mol. The maximum absolute atomic E-state index is 11.9. The molecule has 2 heterocycles. The maximum atomic E-state index is 11.9. The number of benzene rings is 2. The van der Waals surface area contributed by atoms with Crippen LogP contribution >= 0.6 is 0 Å². The first-order valence-electron chi connectivity index (χ1n) is 7.18. The van der Waals surface area contributed by atoms with Crippen LogP contribution < -0.4 is 5.32 Å². The summed E-state index contributed by atoms with van der Waals surface area (Å²) >= 11 is 0. The predicted molar refractivity (Wildman–Crippen MR) is 90.9 cm³/mol. The van der Waals surface area contributed by atoms with Crippen molar-refractivity contribution in [1.82, 2.24) is 4.98 Å². The van der Waals surface area contributed by atoms with Gasteiger partial charge in [-0.2, -0.15) is 5.10 Å². The highest BCUT2D eigenvalue weighted by molar-refractivity contribution is 6.53. The molecule has 0 unspecified atom stereocenters. The molecule has 5 heteroatoms. The van der Waals surface area contributed by atoms with E-state index in [9.17, 15) is 4.79 Å². The van der Waals surface area contributed by atoms with Crippen LogP contribution in [0, 0.1) is 0 Å². The van der Waals surface area contributed by atoms with Crippen LogP contribution in [0.25, 0.3) is 10.9 Å². The van der Waals surface area contributed by atoms with Crippen molar-refractivity contribution in [3.05, 3.63) is 71.9 Å². The highest BCUT2D eigenvalue weighted by Gasteiger charge is 2.25. The van der Waals surface area contributed by atoms with E-state index in [1.165, 1.54) is 0 Å². The molecule has 5 nitrogen and oxygen atoms in total. The summed E-state index contributed by atoms with van der Waals surface area (Å²) in [7, 11) is 0. The number of rotatable bonds is 2. The molecule has 0 saturated carbocycles. The van der Waals surface area contributed by atoms with Crippen LogP contribution in [0.1, 0.15) is 11.1 Å². The van der Waals surface area contributed by atoms with Gasteiger partial charge < -0.3 is 5.32 Å². The summed E-state index contributed by atoms with van der Waals surface area (Å²) in [5, 5.41) is 11.9. The summed E-state index contributed by atoms with van der Waals surface area (Å²) in [5.74, 6) is -0.230. The highest BCUT2D eigenvalue weighted by Crippen LogP contribution is 2.22. The van der Waals surface area contributed by atoms with Crippen LogP contribution in [0.15, 0.2) is 71.0 Å². The molecule has 1 aromatic heterocycles. The fraction of sp³-hybridized carbons (Fsp3) is 0. The van der Waals surface area contributed by atoms with Crippen molar-refractivity contribution in [1.29, 1.82) is 0 Å². The van der Waals surface area contributed by atoms with E-state index in [0.717, 1.165) is 27.7 Å². The third kappa shape index (κ3) is 2.48. The lowest BCUT2D eigenvalue weighted by Gasteiger charge is -1.97. The zero-order valence-electron chi connectivity index (χ0n) is 12.1. The second-order valence-electron chi connectivity index (χ2n) is 5.15. The molecule has 0 radical (unpaired) electrons. The number of pyridine rings is 1. The van der Waals surface area contributed by atoms with Crippen LogP contribution in [-0.4, -0.2) is 22.8 Å². The lowest BCUT2D eigenvalue weighted by molar-refractivity contribution is -0.110. The molecule has 0 saturated heterocycles. The van der Waals surface area contributed by atoms with E-state index in [1.807, 2.05) is 54.6 Å². The number of aromatic nitrogens is 1. The lowest BCUT2D eigenvalue weighted by Crippen LogP contribution is -2.13. The van der Waals surface area contributed by atoms with Crippen LogP contribution in [0.2, 0.25) is 0 Å². The maximum Gasteiger partial charge on any atom is 0.276 e. The third-order valence-corrected chi connectivity index (χ3v) is 3.64. The topological polar surface area (TPSA) is 66.7 Å². The van der Waals surface area contributed by atoms with E-state index in [-0.39, 0.29) is 5.91 Å². The zero-order chi connectivity index (χ0) is 15.6. The minimum absolute atomic E-state index is 0.230. The Morgan fingerprint density at radius 2 is 1.96 bits per heavy atom. The monoisotopic (exact) mass is 300 g/mol. The minimum atomic E-state index is -0.230. The molecule has 2 aromatic carbocycles. The van der Waals surface area contributed by atoms with Gasteiger partial charge in [0.1, 0.15) is 0 Å². The molecule has 1 amide bonds. The number of hydrogen-bond acceptors (Lipinski definition) is 4. The Morgan fingerprint density at radius 1 is 1.04 bits per heavy atom. The second kappa shape index (κ2) is 5.46. The number of hydrogen-bond donors (Lipinski definition) is 1. The molecule has 1 aliphatic heterocycles. The van der Waals surface area contributed by atoms with Crippen LogP contribution in [-0.2, 0) is 4.79 Å². The molecule has 110 valence electrons. The van der Waals surface area contributed by atoms with Crippen LogP contribution in [0.3, 0.4) is 0 Å². The molecular formula is C18H12N4O. The number of nitrogens with zero attached hydrogens (tertiary/aromatic N) is 3. The minimum Gasteiger partial charge on any atom is -0.320 e. The van der Waals surface area contributed by atoms with Crippen LogP contribution in [0.5, 0.6) is 0 Å². The zero-order valence-corrected chi connectivity index (χ0v) is 12.1. The van der Waals surface area contributed by atoms with E-state index >= 15 is 0 Å². The number of amides is 1. The van der Waals surface area contributed by atoms with Gasteiger partial charge in [0.15, 0.2) is 5.71 Å². The van der Waals surface area contributed by atoms with Crippen LogP contribution in [0.4, 0.5) is 5.69 Å². The quantitative estimate of drug-likeness (QED) is 0.584. The molecule has 0 aliphatic carbocycles. The molecular weight excluding hydrogens is 288 g/mol. The fourth-order valence-corrected chi connectivity index (χ4v) is 2.53. The number of carbonyl (C=O) groups is 1. The summed E-state index contributed by atoms with van der Waals surface area (Å²) in [6.07, 6.45) is 3.39. The van der Waals surface area contributed by atoms with Gasteiger partial charge in [-0.05, 0) is 29.8 Å². The van der Waals surface area contributed by atoms with Crippen molar-refractivity contribution in [3.8, 4) is 0 Å². The van der Waals surface area contributed by atoms with Crippen molar-refractivity contribution in [2.45, 2.75) is 0 Å². The Bertz CT molecular complexity index is 975. The Balaban J connectivity index is 1.64. The van der Waals surface area contributed by atoms with E-state index in [0.29, 0.717) is 5.71 Å². The first kappa shape index (κ1) is 13.3. The van der Waals surface area contributed by atoms with E-state index in [4.69, 9.17) is 0 Å². The lowest BCUT2D eigenvalue weighted by atomic mass is 10.1. The number of carbonyl (C=O) groups excluding carboxylic acids is 1. The summed E-state index contributed by atoms with van der Waals surface area (Å²) in [4.78, 5) is 16.2. The summed E-state index contributed by atoms with van der Waals surface area (Å²) in [6.45, 7) is 0. The van der Waals surface area contributed by atoms with Gasteiger partial charge in [-0.3, -0.25) is 9.78 Å². The van der Waals surface area contributed by atoms with Gasteiger partial charge in [0.25, 0.3) is 5.91 Å². The third-order valence-electron chi connectivity index (χ3n) is 3.64. The highest BCUT2D eigenvalue weighted by atomic mass is 16.2. The summed E-state index contributed by atoms with van der Waals surface area (Å²) in [6, 6.07) is 17.1. The molecule has 1 N–H and O–H groups in total. The largest absolute Gasteiger partial charge is 0.320 e. The standard InChI is InChI=1S/C18H12N4O/c23-18-17(14-5-1-2-6-16(14)21-18)22-20-11-12-7-8-15-13(10-12)4-3-9-19-15/h1-11H,(H,21,22,23)/b20-11-. The first-order chi connectivity index (χ1) is 11.3.